The Hall–Kier alpha value is -0.730. The zero-order chi connectivity index (χ0) is 9.26. The fraction of sp³-hybridized carbons (Fsp3) is 0.400. The fourth-order valence-electron chi connectivity index (χ4n) is 1.30. The molecular weight excluding hydrogens is 186 g/mol. The maximum absolute atomic E-state index is 6.03. The summed E-state index contributed by atoms with van der Waals surface area (Å²) in [6.45, 7) is 3.66. The number of ether oxygens (including phenoxy) is 1. The first-order valence-corrected chi connectivity index (χ1v) is 4.84. The van der Waals surface area contributed by atoms with Crippen LogP contribution < -0.4 is 10.1 Å². The second-order valence-electron chi connectivity index (χ2n) is 3.08. The van der Waals surface area contributed by atoms with Gasteiger partial charge in [0.15, 0.2) is 0 Å². The smallest absolute Gasteiger partial charge is 0.137 e. The molecule has 1 aromatic rings. The molecule has 0 aliphatic carbocycles. The summed E-state index contributed by atoms with van der Waals surface area (Å²) in [4.78, 5) is 0. The minimum absolute atomic E-state index is 0.508. The predicted molar refractivity (Wildman–Crippen MR) is 53.4 cm³/mol. The molecular formula is C10H12ClNO. The molecule has 1 fully saturated rings. The average molecular weight is 198 g/mol. The zero-order valence-electron chi connectivity index (χ0n) is 7.51. The predicted octanol–water partition coefficient (Wildman–Crippen LogP) is 2.38. The van der Waals surface area contributed by atoms with Crippen LogP contribution in [0.3, 0.4) is 0 Å². The van der Waals surface area contributed by atoms with E-state index in [9.17, 15) is 0 Å². The van der Waals surface area contributed by atoms with Gasteiger partial charge in [-0.2, -0.15) is 0 Å². The lowest BCUT2D eigenvalue weighted by atomic mass is 10.1. The molecule has 1 saturated heterocycles. The molecule has 1 atom stereocenters. The molecule has 0 saturated carbocycles. The van der Waals surface area contributed by atoms with E-state index >= 15 is 0 Å². The van der Waals surface area contributed by atoms with Crippen LogP contribution >= 0.6 is 11.6 Å². The summed E-state index contributed by atoms with van der Waals surface area (Å²) in [5, 5.41) is 3.93. The second kappa shape index (κ2) is 3.56. The summed E-state index contributed by atoms with van der Waals surface area (Å²) in [5.41, 5.74) is 1.24. The number of hydrogen-bond donors (Lipinski definition) is 1. The highest BCUT2D eigenvalue weighted by Gasteiger charge is 2.22. The van der Waals surface area contributed by atoms with Crippen LogP contribution in [0.5, 0.6) is 5.75 Å². The van der Waals surface area contributed by atoms with E-state index < -0.39 is 0 Å². The molecule has 70 valence electrons. The van der Waals surface area contributed by atoms with E-state index in [0.717, 1.165) is 12.3 Å². The Morgan fingerprint density at radius 3 is 2.92 bits per heavy atom. The maximum Gasteiger partial charge on any atom is 0.137 e. The summed E-state index contributed by atoms with van der Waals surface area (Å²) >= 11 is 6.03. The van der Waals surface area contributed by atoms with Gasteiger partial charge in [0, 0.05) is 12.6 Å². The lowest BCUT2D eigenvalue weighted by Gasteiger charge is -2.06. The van der Waals surface area contributed by atoms with Crippen LogP contribution in [0.4, 0.5) is 0 Å². The number of rotatable bonds is 3. The van der Waals surface area contributed by atoms with Crippen molar-refractivity contribution < 1.29 is 4.74 Å². The van der Waals surface area contributed by atoms with Gasteiger partial charge in [-0.1, -0.05) is 17.7 Å². The molecule has 0 spiro atoms. The first-order valence-electron chi connectivity index (χ1n) is 4.47. The van der Waals surface area contributed by atoms with Gasteiger partial charge < -0.3 is 10.1 Å². The molecule has 0 radical (unpaired) electrons. The molecule has 1 N–H and O–H groups in total. The quantitative estimate of drug-likeness (QED) is 0.755. The van der Waals surface area contributed by atoms with E-state index in [1.54, 1.807) is 0 Å². The number of halogens is 1. The topological polar surface area (TPSA) is 31.2 Å². The average Bonchev–Trinajstić information content (AvgIpc) is 2.91. The van der Waals surface area contributed by atoms with Crippen LogP contribution in [0.25, 0.3) is 0 Å². The Balaban J connectivity index is 2.21. The Labute approximate surface area is 82.9 Å². The van der Waals surface area contributed by atoms with Gasteiger partial charge in [0.05, 0.1) is 11.6 Å². The van der Waals surface area contributed by atoms with E-state index in [1.807, 2.05) is 19.1 Å². The zero-order valence-corrected chi connectivity index (χ0v) is 8.27. The third-order valence-corrected chi connectivity index (χ3v) is 2.36. The molecule has 1 aromatic carbocycles. The van der Waals surface area contributed by atoms with Gasteiger partial charge in [-0.05, 0) is 24.6 Å². The summed E-state index contributed by atoms with van der Waals surface area (Å²) in [6, 6.07) is 6.47. The number of hydrogen-bond acceptors (Lipinski definition) is 2. The van der Waals surface area contributed by atoms with E-state index in [2.05, 4.69) is 11.4 Å². The van der Waals surface area contributed by atoms with Gasteiger partial charge in [0.1, 0.15) is 5.75 Å². The van der Waals surface area contributed by atoms with E-state index in [4.69, 9.17) is 16.3 Å². The van der Waals surface area contributed by atoms with E-state index in [0.29, 0.717) is 17.7 Å². The van der Waals surface area contributed by atoms with Crippen LogP contribution in [0.15, 0.2) is 18.2 Å². The van der Waals surface area contributed by atoms with E-state index in [-0.39, 0.29) is 0 Å². The lowest BCUT2D eigenvalue weighted by Crippen LogP contribution is -1.93. The van der Waals surface area contributed by atoms with Gasteiger partial charge in [-0.15, -0.1) is 0 Å². The van der Waals surface area contributed by atoms with Gasteiger partial charge >= 0.3 is 0 Å². The highest BCUT2D eigenvalue weighted by atomic mass is 35.5. The molecule has 0 amide bonds. The highest BCUT2D eigenvalue weighted by molar-refractivity contribution is 6.32. The van der Waals surface area contributed by atoms with Crippen LogP contribution in [0.1, 0.15) is 18.5 Å². The number of nitrogens with one attached hydrogen (secondary N) is 1. The summed E-state index contributed by atoms with van der Waals surface area (Å²) < 4.78 is 5.34. The monoisotopic (exact) mass is 197 g/mol. The van der Waals surface area contributed by atoms with Gasteiger partial charge in [-0.25, -0.2) is 0 Å². The SMILES string of the molecule is CCOc1ccc(C2CN2)cc1Cl. The van der Waals surface area contributed by atoms with Crippen molar-refractivity contribution in [2.24, 2.45) is 0 Å². The normalized spacial score (nSPS) is 20.0. The van der Waals surface area contributed by atoms with Crippen molar-refractivity contribution >= 4 is 11.6 Å². The van der Waals surface area contributed by atoms with Crippen LogP contribution in [-0.2, 0) is 0 Å². The molecule has 13 heavy (non-hydrogen) atoms. The van der Waals surface area contributed by atoms with Crippen molar-refractivity contribution in [2.75, 3.05) is 13.2 Å². The Bertz CT molecular complexity index is 310. The lowest BCUT2D eigenvalue weighted by molar-refractivity contribution is 0.340. The maximum atomic E-state index is 6.03. The molecule has 3 heteroatoms. The van der Waals surface area contributed by atoms with Crippen molar-refractivity contribution in [3.8, 4) is 5.75 Å². The molecule has 1 unspecified atom stereocenters. The molecule has 1 heterocycles. The standard InChI is InChI=1S/C10H12ClNO/c1-2-13-10-4-3-7(5-8(10)11)9-6-12-9/h3-5,9,12H,2,6H2,1H3. The Kier molecular flexibility index (Phi) is 2.42. The molecule has 1 aliphatic heterocycles. The minimum Gasteiger partial charge on any atom is -0.492 e. The van der Waals surface area contributed by atoms with Gasteiger partial charge in [-0.3, -0.25) is 0 Å². The Morgan fingerprint density at radius 2 is 2.38 bits per heavy atom. The molecule has 0 aromatic heterocycles. The third kappa shape index (κ3) is 1.95. The van der Waals surface area contributed by atoms with E-state index in [1.165, 1.54) is 5.56 Å². The highest BCUT2D eigenvalue weighted by Crippen LogP contribution is 2.30. The molecule has 2 rings (SSSR count). The largest absolute Gasteiger partial charge is 0.492 e. The summed E-state index contributed by atoms with van der Waals surface area (Å²) in [7, 11) is 0. The van der Waals surface area contributed by atoms with Gasteiger partial charge in [0.2, 0.25) is 0 Å². The summed E-state index contributed by atoms with van der Waals surface area (Å²) in [5.74, 6) is 0.772. The molecule has 2 nitrogen and oxygen atoms in total. The van der Waals surface area contributed by atoms with Crippen LogP contribution in [-0.4, -0.2) is 13.2 Å². The Morgan fingerprint density at radius 1 is 1.62 bits per heavy atom. The fourth-order valence-corrected chi connectivity index (χ4v) is 1.54. The van der Waals surface area contributed by atoms with Gasteiger partial charge in [0.25, 0.3) is 0 Å². The van der Waals surface area contributed by atoms with Crippen molar-refractivity contribution in [1.82, 2.24) is 5.32 Å². The second-order valence-corrected chi connectivity index (χ2v) is 3.49. The molecule has 0 bridgehead atoms. The third-order valence-electron chi connectivity index (χ3n) is 2.07. The first-order chi connectivity index (χ1) is 6.31. The molecule has 1 aliphatic rings. The summed E-state index contributed by atoms with van der Waals surface area (Å²) in [6.07, 6.45) is 0. The van der Waals surface area contributed by atoms with Crippen molar-refractivity contribution in [3.63, 3.8) is 0 Å². The van der Waals surface area contributed by atoms with Crippen molar-refractivity contribution in [1.29, 1.82) is 0 Å². The minimum atomic E-state index is 0.508. The first kappa shape index (κ1) is 8.85. The van der Waals surface area contributed by atoms with Crippen LogP contribution in [0.2, 0.25) is 5.02 Å². The van der Waals surface area contributed by atoms with Crippen LogP contribution in [0, 0.1) is 0 Å². The van der Waals surface area contributed by atoms with Crippen molar-refractivity contribution in [3.05, 3.63) is 28.8 Å². The number of benzene rings is 1. The van der Waals surface area contributed by atoms with Crippen molar-refractivity contribution in [2.45, 2.75) is 13.0 Å².